The molecule has 0 spiro atoms. The van der Waals surface area contributed by atoms with Crippen molar-refractivity contribution in [3.05, 3.63) is 46.5 Å². The van der Waals surface area contributed by atoms with Gasteiger partial charge in [0.2, 0.25) is 0 Å². The summed E-state index contributed by atoms with van der Waals surface area (Å²) in [5.74, 6) is 0.883. The minimum Gasteiger partial charge on any atom is -0.490 e. The highest BCUT2D eigenvalue weighted by molar-refractivity contribution is 5.63. The predicted molar refractivity (Wildman–Crippen MR) is 73.3 cm³/mol. The zero-order valence-electron chi connectivity index (χ0n) is 10.8. The Kier molecular flexibility index (Phi) is 3.07. The highest BCUT2D eigenvalue weighted by atomic mass is 16.5. The number of ether oxygens (including phenoxy) is 1. The van der Waals surface area contributed by atoms with Gasteiger partial charge in [0.15, 0.2) is 0 Å². The summed E-state index contributed by atoms with van der Waals surface area (Å²) >= 11 is 0. The lowest BCUT2D eigenvalue weighted by Gasteiger charge is -2.07. The van der Waals surface area contributed by atoms with Gasteiger partial charge in [-0.25, -0.2) is 4.98 Å². The second-order valence-corrected chi connectivity index (χ2v) is 4.75. The Morgan fingerprint density at radius 3 is 2.68 bits per heavy atom. The summed E-state index contributed by atoms with van der Waals surface area (Å²) in [5, 5.41) is 0. The molecule has 1 aliphatic carbocycles. The van der Waals surface area contributed by atoms with E-state index in [1.165, 1.54) is 6.33 Å². The smallest absolute Gasteiger partial charge is 0.254 e. The molecule has 4 heteroatoms. The summed E-state index contributed by atoms with van der Waals surface area (Å²) in [7, 11) is 0. The molecule has 0 aliphatic heterocycles. The molecule has 1 N–H and O–H groups in total. The number of nitrogens with zero attached hydrogens (tertiary/aromatic N) is 1. The van der Waals surface area contributed by atoms with E-state index in [9.17, 15) is 4.79 Å². The van der Waals surface area contributed by atoms with Crippen molar-refractivity contribution < 1.29 is 4.74 Å². The van der Waals surface area contributed by atoms with Gasteiger partial charge in [-0.2, -0.15) is 0 Å². The van der Waals surface area contributed by atoms with Crippen LogP contribution in [0.25, 0.3) is 11.3 Å². The van der Waals surface area contributed by atoms with Gasteiger partial charge >= 0.3 is 0 Å². The van der Waals surface area contributed by atoms with Crippen LogP contribution in [-0.2, 0) is 6.42 Å². The SMILES string of the molecule is CCc1c(-c2ccc(OC3CC3)cc2)nc[nH]c1=O. The molecule has 0 bridgehead atoms. The Morgan fingerprint density at radius 2 is 2.05 bits per heavy atom. The number of hydrogen-bond acceptors (Lipinski definition) is 3. The highest BCUT2D eigenvalue weighted by Gasteiger charge is 2.23. The van der Waals surface area contributed by atoms with Crippen LogP contribution in [0.3, 0.4) is 0 Å². The van der Waals surface area contributed by atoms with Crippen molar-refractivity contribution in [1.82, 2.24) is 9.97 Å². The molecule has 1 heterocycles. The Balaban J connectivity index is 1.93. The lowest BCUT2D eigenvalue weighted by atomic mass is 10.1. The molecular weight excluding hydrogens is 240 g/mol. The van der Waals surface area contributed by atoms with Gasteiger partial charge in [0.1, 0.15) is 5.75 Å². The fourth-order valence-electron chi connectivity index (χ4n) is 2.07. The Hall–Kier alpha value is -2.10. The van der Waals surface area contributed by atoms with E-state index in [2.05, 4.69) is 9.97 Å². The van der Waals surface area contributed by atoms with Crippen LogP contribution >= 0.6 is 0 Å². The molecule has 1 saturated carbocycles. The molecule has 1 aromatic heterocycles. The van der Waals surface area contributed by atoms with Gasteiger partial charge in [0.05, 0.1) is 18.1 Å². The van der Waals surface area contributed by atoms with Crippen molar-refractivity contribution in [2.24, 2.45) is 0 Å². The number of nitrogens with one attached hydrogen (secondary N) is 1. The van der Waals surface area contributed by atoms with Crippen molar-refractivity contribution >= 4 is 0 Å². The maximum absolute atomic E-state index is 11.7. The molecule has 2 aromatic rings. The normalized spacial score (nSPS) is 14.4. The molecule has 1 aromatic carbocycles. The van der Waals surface area contributed by atoms with E-state index in [0.29, 0.717) is 12.5 Å². The largest absolute Gasteiger partial charge is 0.490 e. The second kappa shape index (κ2) is 4.88. The lowest BCUT2D eigenvalue weighted by molar-refractivity contribution is 0.303. The summed E-state index contributed by atoms with van der Waals surface area (Å²) in [6.07, 6.45) is 4.81. The number of hydrogen-bond donors (Lipinski definition) is 1. The molecule has 0 radical (unpaired) electrons. The molecule has 0 saturated heterocycles. The number of benzene rings is 1. The fourth-order valence-corrected chi connectivity index (χ4v) is 2.07. The van der Waals surface area contributed by atoms with Crippen LogP contribution in [0.2, 0.25) is 0 Å². The van der Waals surface area contributed by atoms with Crippen LogP contribution in [0.1, 0.15) is 25.3 Å². The number of H-pyrrole nitrogens is 1. The Labute approximate surface area is 111 Å². The van der Waals surface area contributed by atoms with Gasteiger partial charge in [-0.3, -0.25) is 4.79 Å². The average molecular weight is 256 g/mol. The third-order valence-electron chi connectivity index (χ3n) is 3.26. The Bertz CT molecular complexity index is 627. The molecule has 3 rings (SSSR count). The molecule has 0 unspecified atom stereocenters. The van der Waals surface area contributed by atoms with Gasteiger partial charge in [-0.05, 0) is 43.5 Å². The molecule has 1 fully saturated rings. The molecule has 98 valence electrons. The maximum Gasteiger partial charge on any atom is 0.254 e. The van der Waals surface area contributed by atoms with E-state index >= 15 is 0 Å². The first-order valence-corrected chi connectivity index (χ1v) is 6.61. The van der Waals surface area contributed by atoms with Crippen molar-refractivity contribution in [2.75, 3.05) is 0 Å². The average Bonchev–Trinajstić information content (AvgIpc) is 3.23. The third kappa shape index (κ3) is 2.52. The fraction of sp³-hybridized carbons (Fsp3) is 0.333. The monoisotopic (exact) mass is 256 g/mol. The lowest BCUT2D eigenvalue weighted by Crippen LogP contribution is -2.14. The molecule has 1 aliphatic rings. The minimum absolute atomic E-state index is 0.0641. The van der Waals surface area contributed by atoms with Crippen LogP contribution in [0.5, 0.6) is 5.75 Å². The van der Waals surface area contributed by atoms with Crippen molar-refractivity contribution in [3.63, 3.8) is 0 Å². The zero-order valence-corrected chi connectivity index (χ0v) is 10.8. The number of rotatable bonds is 4. The summed E-state index contributed by atoms with van der Waals surface area (Å²) in [6.45, 7) is 1.96. The molecule has 0 amide bonds. The van der Waals surface area contributed by atoms with E-state index in [1.807, 2.05) is 31.2 Å². The van der Waals surface area contributed by atoms with Crippen molar-refractivity contribution in [3.8, 4) is 17.0 Å². The van der Waals surface area contributed by atoms with E-state index in [1.54, 1.807) is 0 Å². The topological polar surface area (TPSA) is 55.0 Å². The standard InChI is InChI=1S/C15H16N2O2/c1-2-13-14(16-9-17-15(13)18)10-3-5-11(6-4-10)19-12-7-8-12/h3-6,9,12H,2,7-8H2,1H3,(H,16,17,18). The molecular formula is C15H16N2O2. The first-order chi connectivity index (χ1) is 9.28. The first-order valence-electron chi connectivity index (χ1n) is 6.61. The first kappa shape index (κ1) is 12.0. The van der Waals surface area contributed by atoms with Crippen LogP contribution in [0, 0.1) is 0 Å². The number of aromatic nitrogens is 2. The van der Waals surface area contributed by atoms with Crippen LogP contribution < -0.4 is 10.3 Å². The second-order valence-electron chi connectivity index (χ2n) is 4.75. The third-order valence-corrected chi connectivity index (χ3v) is 3.26. The minimum atomic E-state index is -0.0641. The summed E-state index contributed by atoms with van der Waals surface area (Å²) in [4.78, 5) is 18.6. The Morgan fingerprint density at radius 1 is 1.32 bits per heavy atom. The highest BCUT2D eigenvalue weighted by Crippen LogP contribution is 2.28. The molecule has 0 atom stereocenters. The van der Waals surface area contributed by atoms with E-state index in [0.717, 1.165) is 35.4 Å². The molecule has 4 nitrogen and oxygen atoms in total. The van der Waals surface area contributed by atoms with Crippen LogP contribution in [-0.4, -0.2) is 16.1 Å². The summed E-state index contributed by atoms with van der Waals surface area (Å²) in [5.41, 5.74) is 2.36. The van der Waals surface area contributed by atoms with Gasteiger partial charge in [-0.15, -0.1) is 0 Å². The van der Waals surface area contributed by atoms with E-state index in [4.69, 9.17) is 4.74 Å². The van der Waals surface area contributed by atoms with Crippen LogP contribution in [0.4, 0.5) is 0 Å². The van der Waals surface area contributed by atoms with Gasteiger partial charge < -0.3 is 9.72 Å². The van der Waals surface area contributed by atoms with Gasteiger partial charge in [0, 0.05) is 11.1 Å². The maximum atomic E-state index is 11.7. The zero-order chi connectivity index (χ0) is 13.2. The van der Waals surface area contributed by atoms with Crippen molar-refractivity contribution in [2.45, 2.75) is 32.3 Å². The van der Waals surface area contributed by atoms with Crippen molar-refractivity contribution in [1.29, 1.82) is 0 Å². The molecule has 19 heavy (non-hydrogen) atoms. The summed E-state index contributed by atoms with van der Waals surface area (Å²) < 4.78 is 5.71. The van der Waals surface area contributed by atoms with E-state index in [-0.39, 0.29) is 5.56 Å². The van der Waals surface area contributed by atoms with Gasteiger partial charge in [0.25, 0.3) is 5.56 Å². The number of aromatic amines is 1. The van der Waals surface area contributed by atoms with E-state index < -0.39 is 0 Å². The predicted octanol–water partition coefficient (Wildman–Crippen LogP) is 2.54. The van der Waals surface area contributed by atoms with Gasteiger partial charge in [-0.1, -0.05) is 6.92 Å². The summed E-state index contributed by atoms with van der Waals surface area (Å²) in [6, 6.07) is 7.79. The van der Waals surface area contributed by atoms with Crippen LogP contribution in [0.15, 0.2) is 35.4 Å². The quantitative estimate of drug-likeness (QED) is 0.914.